The Morgan fingerprint density at radius 2 is 2.42 bits per heavy atom. The molecule has 0 aromatic rings. The van der Waals surface area contributed by atoms with Crippen LogP contribution in [0.4, 0.5) is 0 Å². The zero-order valence-corrected chi connectivity index (χ0v) is 9.00. The van der Waals surface area contributed by atoms with Crippen molar-refractivity contribution in [2.24, 2.45) is 0 Å². The first-order valence-corrected chi connectivity index (χ1v) is 5.07. The summed E-state index contributed by atoms with van der Waals surface area (Å²) in [5, 5.41) is 0. The van der Waals surface area contributed by atoms with Crippen LogP contribution in [-0.4, -0.2) is 41.4 Å². The smallest absolute Gasteiger partial charge is 0.236 e. The van der Waals surface area contributed by atoms with Gasteiger partial charge in [0.05, 0.1) is 24.1 Å². The number of morpholine rings is 1. The van der Waals surface area contributed by atoms with E-state index in [4.69, 9.17) is 4.74 Å². The summed E-state index contributed by atoms with van der Waals surface area (Å²) in [6.45, 7) is 5.90. The third-order valence-electron chi connectivity index (χ3n) is 1.99. The molecule has 1 amide bonds. The van der Waals surface area contributed by atoms with Crippen LogP contribution in [0.1, 0.15) is 13.8 Å². The number of carbonyl (C=O) groups is 1. The van der Waals surface area contributed by atoms with E-state index in [1.54, 1.807) is 0 Å². The molecule has 0 aliphatic carbocycles. The van der Waals surface area contributed by atoms with Gasteiger partial charge in [-0.3, -0.25) is 4.79 Å². The predicted octanol–water partition coefficient (Wildman–Crippen LogP) is 1.02. The molecule has 4 heteroatoms. The molecule has 1 saturated heterocycles. The van der Waals surface area contributed by atoms with E-state index in [-0.39, 0.29) is 16.8 Å². The van der Waals surface area contributed by atoms with Crippen LogP contribution in [0.5, 0.6) is 0 Å². The van der Waals surface area contributed by atoms with Gasteiger partial charge in [0.25, 0.3) is 0 Å². The van der Waals surface area contributed by atoms with Gasteiger partial charge in [-0.1, -0.05) is 15.9 Å². The Hall–Kier alpha value is -0.0900. The zero-order chi connectivity index (χ0) is 9.14. The molecule has 0 radical (unpaired) electrons. The molecular formula is C8H14BrNO2. The average Bonchev–Trinajstić information content (AvgIpc) is 2.04. The standard InChI is InChI=1S/C8H14BrNO2/c1-6-5-12-4-3-10(6)8(11)7(2)9/h6-7H,3-5H2,1-2H3/t6-,7?/m1/s1. The Morgan fingerprint density at radius 3 is 2.92 bits per heavy atom. The maximum atomic E-state index is 11.5. The summed E-state index contributed by atoms with van der Waals surface area (Å²) >= 11 is 3.27. The second-order valence-electron chi connectivity index (χ2n) is 3.07. The number of halogens is 1. The topological polar surface area (TPSA) is 29.5 Å². The van der Waals surface area contributed by atoms with Crippen LogP contribution < -0.4 is 0 Å². The van der Waals surface area contributed by atoms with E-state index in [0.717, 1.165) is 6.54 Å². The van der Waals surface area contributed by atoms with E-state index >= 15 is 0 Å². The molecule has 0 saturated carbocycles. The molecule has 0 aromatic heterocycles. The molecule has 0 spiro atoms. The van der Waals surface area contributed by atoms with E-state index in [0.29, 0.717) is 13.2 Å². The van der Waals surface area contributed by atoms with E-state index in [9.17, 15) is 4.79 Å². The lowest BCUT2D eigenvalue weighted by atomic mass is 10.2. The summed E-state index contributed by atoms with van der Waals surface area (Å²) < 4.78 is 5.23. The van der Waals surface area contributed by atoms with Gasteiger partial charge in [0, 0.05) is 6.54 Å². The minimum atomic E-state index is -0.0851. The van der Waals surface area contributed by atoms with E-state index in [1.807, 2.05) is 18.7 Å². The highest BCUT2D eigenvalue weighted by Crippen LogP contribution is 2.11. The molecule has 1 fully saturated rings. The minimum absolute atomic E-state index is 0.0851. The van der Waals surface area contributed by atoms with Gasteiger partial charge in [-0.2, -0.15) is 0 Å². The van der Waals surface area contributed by atoms with Crippen LogP contribution in [0, 0.1) is 0 Å². The first-order chi connectivity index (χ1) is 5.63. The quantitative estimate of drug-likeness (QED) is 0.636. The number of rotatable bonds is 1. The fourth-order valence-corrected chi connectivity index (χ4v) is 1.55. The van der Waals surface area contributed by atoms with E-state index in [1.165, 1.54) is 0 Å². The van der Waals surface area contributed by atoms with E-state index < -0.39 is 0 Å². The average molecular weight is 236 g/mol. The number of nitrogens with zero attached hydrogens (tertiary/aromatic N) is 1. The molecule has 0 N–H and O–H groups in total. The third kappa shape index (κ3) is 2.20. The van der Waals surface area contributed by atoms with Gasteiger partial charge >= 0.3 is 0 Å². The van der Waals surface area contributed by atoms with Crippen LogP contribution >= 0.6 is 15.9 Å². The maximum Gasteiger partial charge on any atom is 0.236 e. The van der Waals surface area contributed by atoms with Gasteiger partial charge in [-0.25, -0.2) is 0 Å². The Bertz CT molecular complexity index is 172. The molecule has 3 nitrogen and oxygen atoms in total. The first-order valence-electron chi connectivity index (χ1n) is 4.15. The van der Waals surface area contributed by atoms with Gasteiger partial charge in [0.2, 0.25) is 5.91 Å². The first kappa shape index (κ1) is 9.99. The maximum absolute atomic E-state index is 11.5. The monoisotopic (exact) mass is 235 g/mol. The van der Waals surface area contributed by atoms with Crippen LogP contribution in [0.3, 0.4) is 0 Å². The number of alkyl halides is 1. The van der Waals surface area contributed by atoms with Crippen molar-refractivity contribution in [3.8, 4) is 0 Å². The lowest BCUT2D eigenvalue weighted by Crippen LogP contribution is -2.49. The van der Waals surface area contributed by atoms with Crippen molar-refractivity contribution in [1.82, 2.24) is 4.90 Å². The summed E-state index contributed by atoms with van der Waals surface area (Å²) in [5.41, 5.74) is 0. The van der Waals surface area contributed by atoms with E-state index in [2.05, 4.69) is 15.9 Å². The molecule has 1 rings (SSSR count). The van der Waals surface area contributed by atoms with Gasteiger partial charge in [-0.05, 0) is 13.8 Å². The molecule has 1 unspecified atom stereocenters. The highest BCUT2D eigenvalue weighted by Gasteiger charge is 2.25. The molecule has 0 aromatic carbocycles. The Morgan fingerprint density at radius 1 is 1.75 bits per heavy atom. The Balaban J connectivity index is 2.53. The number of carbonyl (C=O) groups excluding carboxylic acids is 1. The van der Waals surface area contributed by atoms with Crippen LogP contribution in [0.25, 0.3) is 0 Å². The molecule has 0 bridgehead atoms. The van der Waals surface area contributed by atoms with Crippen molar-refractivity contribution in [3.63, 3.8) is 0 Å². The van der Waals surface area contributed by atoms with Crippen LogP contribution in [0.2, 0.25) is 0 Å². The van der Waals surface area contributed by atoms with Gasteiger partial charge in [0.1, 0.15) is 0 Å². The number of ether oxygens (including phenoxy) is 1. The summed E-state index contributed by atoms with van der Waals surface area (Å²) in [4.78, 5) is 13.3. The van der Waals surface area contributed by atoms with Crippen molar-refractivity contribution in [2.75, 3.05) is 19.8 Å². The molecule has 1 heterocycles. The number of hydrogen-bond acceptors (Lipinski definition) is 2. The summed E-state index contributed by atoms with van der Waals surface area (Å²) in [5.74, 6) is 0.158. The Kier molecular flexibility index (Phi) is 3.53. The molecule has 1 aliphatic heterocycles. The summed E-state index contributed by atoms with van der Waals surface area (Å²) in [6, 6.07) is 0.214. The molecule has 70 valence electrons. The van der Waals surface area contributed by atoms with Gasteiger partial charge in [0.15, 0.2) is 0 Å². The Labute approximate surface area is 81.2 Å². The van der Waals surface area contributed by atoms with Crippen LogP contribution in [-0.2, 0) is 9.53 Å². The highest BCUT2D eigenvalue weighted by atomic mass is 79.9. The molecule has 12 heavy (non-hydrogen) atoms. The highest BCUT2D eigenvalue weighted by molar-refractivity contribution is 9.10. The minimum Gasteiger partial charge on any atom is -0.377 e. The van der Waals surface area contributed by atoms with Gasteiger partial charge < -0.3 is 9.64 Å². The van der Waals surface area contributed by atoms with Crippen molar-refractivity contribution >= 4 is 21.8 Å². The normalized spacial score (nSPS) is 26.9. The summed E-state index contributed by atoms with van der Waals surface area (Å²) in [6.07, 6.45) is 0. The van der Waals surface area contributed by atoms with Gasteiger partial charge in [-0.15, -0.1) is 0 Å². The fraction of sp³-hybridized carbons (Fsp3) is 0.875. The second-order valence-corrected chi connectivity index (χ2v) is 4.45. The zero-order valence-electron chi connectivity index (χ0n) is 7.42. The lowest BCUT2D eigenvalue weighted by molar-refractivity contribution is -0.138. The fourth-order valence-electron chi connectivity index (χ4n) is 1.28. The molecule has 2 atom stereocenters. The van der Waals surface area contributed by atoms with Crippen molar-refractivity contribution in [3.05, 3.63) is 0 Å². The molecular weight excluding hydrogens is 222 g/mol. The van der Waals surface area contributed by atoms with Crippen molar-refractivity contribution < 1.29 is 9.53 Å². The third-order valence-corrected chi connectivity index (χ3v) is 2.38. The summed E-state index contributed by atoms with van der Waals surface area (Å²) in [7, 11) is 0. The second kappa shape index (κ2) is 4.23. The predicted molar refractivity (Wildman–Crippen MR) is 50.4 cm³/mol. The van der Waals surface area contributed by atoms with Crippen molar-refractivity contribution in [2.45, 2.75) is 24.7 Å². The number of amides is 1. The largest absolute Gasteiger partial charge is 0.377 e. The molecule has 1 aliphatic rings. The van der Waals surface area contributed by atoms with Crippen LogP contribution in [0.15, 0.2) is 0 Å². The van der Waals surface area contributed by atoms with Crippen molar-refractivity contribution in [1.29, 1.82) is 0 Å². The number of hydrogen-bond donors (Lipinski definition) is 0. The lowest BCUT2D eigenvalue weighted by Gasteiger charge is -2.34. The SMILES string of the molecule is CC(Br)C(=O)N1CCOC[C@H]1C.